The molecule has 3 aromatic rings. The molecule has 126 valence electrons. The van der Waals surface area contributed by atoms with Gasteiger partial charge in [-0.2, -0.15) is 0 Å². The number of nitrogens with zero attached hydrogens (tertiary/aromatic N) is 2. The van der Waals surface area contributed by atoms with E-state index in [4.69, 9.17) is 4.74 Å². The molecule has 3 rings (SSSR count). The summed E-state index contributed by atoms with van der Waals surface area (Å²) in [5, 5.41) is 13.9. The van der Waals surface area contributed by atoms with Crippen LogP contribution < -0.4 is 10.1 Å². The molecule has 0 bridgehead atoms. The Kier molecular flexibility index (Phi) is 5.21. The van der Waals surface area contributed by atoms with Crippen LogP contribution in [0.15, 0.2) is 73.1 Å². The summed E-state index contributed by atoms with van der Waals surface area (Å²) in [6, 6.07) is 18.0. The topological polar surface area (TPSA) is 77.3 Å². The zero-order valence-electron chi connectivity index (χ0n) is 13.5. The molecule has 0 fully saturated rings. The monoisotopic (exact) mass is 335 g/mol. The Morgan fingerprint density at radius 2 is 1.76 bits per heavy atom. The number of hydrogen-bond acceptors (Lipinski definition) is 5. The Morgan fingerprint density at radius 3 is 2.40 bits per heavy atom. The highest BCUT2D eigenvalue weighted by atomic mass is 16.6. The van der Waals surface area contributed by atoms with Gasteiger partial charge in [-0.25, -0.2) is 0 Å². The highest BCUT2D eigenvalue weighted by molar-refractivity contribution is 5.49. The Hall–Kier alpha value is -3.41. The number of non-ortho nitro benzene ring substituents is 1. The first-order chi connectivity index (χ1) is 12.2. The van der Waals surface area contributed by atoms with Crippen LogP contribution in [0.25, 0.3) is 0 Å². The summed E-state index contributed by atoms with van der Waals surface area (Å²) in [5.74, 6) is 0.794. The molecular formula is C19H17N3O3. The molecule has 6 heteroatoms. The maximum atomic E-state index is 10.6. The molecule has 0 unspecified atom stereocenters. The first-order valence-corrected chi connectivity index (χ1v) is 7.80. The summed E-state index contributed by atoms with van der Waals surface area (Å²) in [6.45, 7) is 1.11. The molecule has 0 aliphatic carbocycles. The lowest BCUT2D eigenvalue weighted by Crippen LogP contribution is -2.00. The summed E-state index contributed by atoms with van der Waals surface area (Å²) in [7, 11) is 0. The van der Waals surface area contributed by atoms with Crippen molar-refractivity contribution in [2.75, 3.05) is 5.32 Å². The fourth-order valence-corrected chi connectivity index (χ4v) is 2.26. The van der Waals surface area contributed by atoms with Crippen molar-refractivity contribution in [2.45, 2.75) is 13.2 Å². The molecule has 0 aliphatic rings. The van der Waals surface area contributed by atoms with Gasteiger partial charge in [0.25, 0.3) is 5.69 Å². The standard InChI is InChI=1S/C19H17N3O3/c23-22(24)18-7-5-17(6-8-18)21-13-15-3-9-19(10-4-15)25-14-16-2-1-11-20-12-16/h1-12,21H,13-14H2. The van der Waals surface area contributed by atoms with Gasteiger partial charge in [0.1, 0.15) is 12.4 Å². The van der Waals surface area contributed by atoms with E-state index in [2.05, 4.69) is 10.3 Å². The number of hydrogen-bond donors (Lipinski definition) is 1. The number of aromatic nitrogens is 1. The van der Waals surface area contributed by atoms with Crippen molar-refractivity contribution in [2.24, 2.45) is 0 Å². The number of benzene rings is 2. The van der Waals surface area contributed by atoms with Crippen molar-refractivity contribution < 1.29 is 9.66 Å². The zero-order chi connectivity index (χ0) is 17.5. The molecule has 25 heavy (non-hydrogen) atoms. The summed E-state index contributed by atoms with van der Waals surface area (Å²) >= 11 is 0. The maximum Gasteiger partial charge on any atom is 0.269 e. The molecule has 1 N–H and O–H groups in total. The number of nitro groups is 1. The zero-order valence-corrected chi connectivity index (χ0v) is 13.5. The van der Waals surface area contributed by atoms with E-state index in [1.165, 1.54) is 12.1 Å². The summed E-state index contributed by atoms with van der Waals surface area (Å²) < 4.78 is 5.72. The van der Waals surface area contributed by atoms with Gasteiger partial charge in [-0.05, 0) is 35.9 Å². The third kappa shape index (κ3) is 4.78. The highest BCUT2D eigenvalue weighted by Crippen LogP contribution is 2.18. The van der Waals surface area contributed by atoms with E-state index < -0.39 is 4.92 Å². The number of anilines is 1. The van der Waals surface area contributed by atoms with E-state index >= 15 is 0 Å². The van der Waals surface area contributed by atoms with Crippen LogP contribution in [0.3, 0.4) is 0 Å². The molecule has 0 spiro atoms. The third-order valence-electron chi connectivity index (χ3n) is 3.63. The third-order valence-corrected chi connectivity index (χ3v) is 3.63. The Balaban J connectivity index is 1.51. The molecule has 0 amide bonds. The Bertz CT molecular complexity index is 819. The first kappa shape index (κ1) is 16.4. The van der Waals surface area contributed by atoms with Crippen molar-refractivity contribution in [3.8, 4) is 5.75 Å². The van der Waals surface area contributed by atoms with Crippen LogP contribution in [0.1, 0.15) is 11.1 Å². The predicted octanol–water partition coefficient (Wildman–Crippen LogP) is 4.18. The largest absolute Gasteiger partial charge is 0.489 e. The van der Waals surface area contributed by atoms with Gasteiger partial charge in [0.05, 0.1) is 4.92 Å². The minimum Gasteiger partial charge on any atom is -0.489 e. The van der Waals surface area contributed by atoms with Gasteiger partial charge in [-0.1, -0.05) is 18.2 Å². The minimum atomic E-state index is -0.409. The lowest BCUT2D eigenvalue weighted by atomic mass is 10.2. The fraction of sp³-hybridized carbons (Fsp3) is 0.105. The van der Waals surface area contributed by atoms with Gasteiger partial charge < -0.3 is 10.1 Å². The smallest absolute Gasteiger partial charge is 0.269 e. The van der Waals surface area contributed by atoms with E-state index in [1.54, 1.807) is 24.5 Å². The molecule has 2 aromatic carbocycles. The molecule has 1 aromatic heterocycles. The van der Waals surface area contributed by atoms with Crippen LogP contribution in [-0.2, 0) is 13.2 Å². The first-order valence-electron chi connectivity index (χ1n) is 7.80. The molecule has 6 nitrogen and oxygen atoms in total. The minimum absolute atomic E-state index is 0.0840. The van der Waals surface area contributed by atoms with E-state index in [0.717, 1.165) is 22.6 Å². The second-order valence-corrected chi connectivity index (χ2v) is 5.45. The van der Waals surface area contributed by atoms with Crippen LogP contribution in [-0.4, -0.2) is 9.91 Å². The second kappa shape index (κ2) is 7.92. The van der Waals surface area contributed by atoms with Gasteiger partial charge in [0, 0.05) is 42.3 Å². The Labute approximate surface area is 145 Å². The summed E-state index contributed by atoms with van der Waals surface area (Å²) in [5.41, 5.74) is 3.03. The molecule has 1 heterocycles. The summed E-state index contributed by atoms with van der Waals surface area (Å²) in [4.78, 5) is 14.3. The van der Waals surface area contributed by atoms with E-state index in [0.29, 0.717) is 13.2 Å². The van der Waals surface area contributed by atoms with Crippen molar-refractivity contribution in [1.29, 1.82) is 0 Å². The van der Waals surface area contributed by atoms with Crippen molar-refractivity contribution in [3.05, 3.63) is 94.3 Å². The van der Waals surface area contributed by atoms with Gasteiger partial charge in [0.2, 0.25) is 0 Å². The molecule has 0 radical (unpaired) electrons. The van der Waals surface area contributed by atoms with Crippen molar-refractivity contribution in [3.63, 3.8) is 0 Å². The van der Waals surface area contributed by atoms with Crippen molar-refractivity contribution >= 4 is 11.4 Å². The lowest BCUT2D eigenvalue weighted by Gasteiger charge is -2.09. The molecule has 0 atom stereocenters. The van der Waals surface area contributed by atoms with Crippen molar-refractivity contribution in [1.82, 2.24) is 4.98 Å². The molecule has 0 saturated carbocycles. The van der Waals surface area contributed by atoms with Crippen LogP contribution in [0.4, 0.5) is 11.4 Å². The van der Waals surface area contributed by atoms with E-state index in [-0.39, 0.29) is 5.69 Å². The average Bonchev–Trinajstić information content (AvgIpc) is 2.67. The maximum absolute atomic E-state index is 10.6. The molecular weight excluding hydrogens is 318 g/mol. The predicted molar refractivity (Wildman–Crippen MR) is 95.4 cm³/mol. The van der Waals surface area contributed by atoms with Gasteiger partial charge in [0.15, 0.2) is 0 Å². The summed E-state index contributed by atoms with van der Waals surface area (Å²) in [6.07, 6.45) is 3.51. The number of nitrogens with one attached hydrogen (secondary N) is 1. The van der Waals surface area contributed by atoms with Gasteiger partial charge >= 0.3 is 0 Å². The quantitative estimate of drug-likeness (QED) is 0.518. The number of rotatable bonds is 7. The molecule has 0 saturated heterocycles. The van der Waals surface area contributed by atoms with Gasteiger partial charge in [-0.15, -0.1) is 0 Å². The second-order valence-electron chi connectivity index (χ2n) is 5.45. The van der Waals surface area contributed by atoms with Crippen LogP contribution in [0.2, 0.25) is 0 Å². The van der Waals surface area contributed by atoms with Crippen LogP contribution in [0, 0.1) is 10.1 Å². The number of ether oxygens (including phenoxy) is 1. The van der Waals surface area contributed by atoms with Crippen LogP contribution in [0.5, 0.6) is 5.75 Å². The normalized spacial score (nSPS) is 10.2. The average molecular weight is 335 g/mol. The highest BCUT2D eigenvalue weighted by Gasteiger charge is 2.03. The fourth-order valence-electron chi connectivity index (χ4n) is 2.26. The SMILES string of the molecule is O=[N+]([O-])c1ccc(NCc2ccc(OCc3cccnc3)cc2)cc1. The van der Waals surface area contributed by atoms with Crippen LogP contribution >= 0.6 is 0 Å². The van der Waals surface area contributed by atoms with E-state index in [9.17, 15) is 10.1 Å². The van der Waals surface area contributed by atoms with E-state index in [1.807, 2.05) is 36.4 Å². The molecule has 0 aliphatic heterocycles. The van der Waals surface area contributed by atoms with Gasteiger partial charge in [-0.3, -0.25) is 15.1 Å². The Morgan fingerprint density at radius 1 is 1.00 bits per heavy atom. The number of nitro benzene ring substituents is 1. The number of pyridine rings is 1. The lowest BCUT2D eigenvalue weighted by molar-refractivity contribution is -0.384.